The first kappa shape index (κ1) is 15.3. The highest BCUT2D eigenvalue weighted by Crippen LogP contribution is 2.29. The predicted octanol–water partition coefficient (Wildman–Crippen LogP) is 2.02. The number of methoxy groups -OCH3 is 2. The zero-order chi connectivity index (χ0) is 14.4. The van der Waals surface area contributed by atoms with E-state index < -0.39 is 6.04 Å². The molecule has 2 atom stereocenters. The second-order valence-corrected chi connectivity index (χ2v) is 4.47. The summed E-state index contributed by atoms with van der Waals surface area (Å²) in [7, 11) is 3.12. The third-order valence-electron chi connectivity index (χ3n) is 3.23. The quantitative estimate of drug-likeness (QED) is 0.826. The van der Waals surface area contributed by atoms with Gasteiger partial charge < -0.3 is 20.5 Å². The number of carbonyl (C=O) groups is 1. The van der Waals surface area contributed by atoms with Crippen LogP contribution in [0.5, 0.6) is 11.5 Å². The summed E-state index contributed by atoms with van der Waals surface area (Å²) in [4.78, 5) is 12.0. The molecule has 5 heteroatoms. The van der Waals surface area contributed by atoms with Crippen molar-refractivity contribution >= 4 is 11.6 Å². The number of hydrogen-bond donors (Lipinski definition) is 2. The second-order valence-electron chi connectivity index (χ2n) is 4.47. The van der Waals surface area contributed by atoms with Crippen LogP contribution < -0.4 is 20.5 Å². The Morgan fingerprint density at radius 1 is 1.37 bits per heavy atom. The first-order chi connectivity index (χ1) is 9.03. The molecular weight excluding hydrogens is 244 g/mol. The van der Waals surface area contributed by atoms with Crippen LogP contribution in [0.1, 0.15) is 20.3 Å². The molecule has 1 aromatic carbocycles. The molecule has 3 N–H and O–H groups in total. The number of nitrogens with one attached hydrogen (secondary N) is 1. The first-order valence-corrected chi connectivity index (χ1v) is 6.31. The van der Waals surface area contributed by atoms with E-state index in [9.17, 15) is 4.79 Å². The Labute approximate surface area is 114 Å². The van der Waals surface area contributed by atoms with Gasteiger partial charge >= 0.3 is 0 Å². The number of carbonyl (C=O) groups excluding carboxylic acids is 1. The van der Waals surface area contributed by atoms with Crippen LogP contribution in [-0.4, -0.2) is 26.2 Å². The van der Waals surface area contributed by atoms with Gasteiger partial charge in [-0.05, 0) is 18.1 Å². The summed E-state index contributed by atoms with van der Waals surface area (Å²) in [6, 6.07) is 4.67. The van der Waals surface area contributed by atoms with Crippen molar-refractivity contribution in [2.24, 2.45) is 11.7 Å². The maximum Gasteiger partial charge on any atom is 0.241 e. The minimum Gasteiger partial charge on any atom is -0.497 e. The summed E-state index contributed by atoms with van der Waals surface area (Å²) < 4.78 is 10.3. The van der Waals surface area contributed by atoms with Crippen LogP contribution >= 0.6 is 0 Å². The molecule has 0 saturated carbocycles. The number of rotatable bonds is 6. The van der Waals surface area contributed by atoms with Crippen molar-refractivity contribution in [3.63, 3.8) is 0 Å². The van der Waals surface area contributed by atoms with Gasteiger partial charge in [0.05, 0.1) is 25.9 Å². The molecule has 0 aliphatic rings. The fraction of sp³-hybridized carbons (Fsp3) is 0.500. The van der Waals surface area contributed by atoms with E-state index in [0.717, 1.165) is 6.42 Å². The van der Waals surface area contributed by atoms with E-state index in [1.807, 2.05) is 13.8 Å². The van der Waals surface area contributed by atoms with E-state index >= 15 is 0 Å². The predicted molar refractivity (Wildman–Crippen MR) is 75.6 cm³/mol. The lowest BCUT2D eigenvalue weighted by molar-refractivity contribution is -0.118. The number of anilines is 1. The molecular formula is C14H22N2O3. The summed E-state index contributed by atoms with van der Waals surface area (Å²) in [5.41, 5.74) is 6.48. The Bertz CT molecular complexity index is 435. The normalized spacial score (nSPS) is 13.5. The van der Waals surface area contributed by atoms with Gasteiger partial charge in [0.2, 0.25) is 5.91 Å². The maximum atomic E-state index is 12.0. The zero-order valence-electron chi connectivity index (χ0n) is 11.9. The summed E-state index contributed by atoms with van der Waals surface area (Å²) in [6.07, 6.45) is 0.855. The number of nitrogens with two attached hydrogens (primary N) is 1. The number of benzene rings is 1. The highest BCUT2D eigenvalue weighted by atomic mass is 16.5. The second kappa shape index (κ2) is 6.99. The number of ether oxygens (including phenoxy) is 2. The van der Waals surface area contributed by atoms with Gasteiger partial charge in [-0.15, -0.1) is 0 Å². The van der Waals surface area contributed by atoms with Crippen LogP contribution in [0.4, 0.5) is 5.69 Å². The molecule has 0 aromatic heterocycles. The lowest BCUT2D eigenvalue weighted by Gasteiger charge is -2.19. The average Bonchev–Trinajstić information content (AvgIpc) is 2.45. The molecule has 19 heavy (non-hydrogen) atoms. The zero-order valence-corrected chi connectivity index (χ0v) is 11.9. The molecule has 0 fully saturated rings. The summed E-state index contributed by atoms with van der Waals surface area (Å²) in [5, 5.41) is 2.78. The molecule has 1 rings (SSSR count). The van der Waals surface area contributed by atoms with Crippen LogP contribution in [0.3, 0.4) is 0 Å². The number of hydrogen-bond acceptors (Lipinski definition) is 4. The van der Waals surface area contributed by atoms with E-state index in [1.54, 1.807) is 32.4 Å². The van der Waals surface area contributed by atoms with Gasteiger partial charge in [0.1, 0.15) is 11.5 Å². The molecule has 0 radical (unpaired) electrons. The molecule has 1 aromatic rings. The highest BCUT2D eigenvalue weighted by Gasteiger charge is 2.20. The highest BCUT2D eigenvalue weighted by molar-refractivity contribution is 5.96. The van der Waals surface area contributed by atoms with Crippen LogP contribution in [0.15, 0.2) is 18.2 Å². The van der Waals surface area contributed by atoms with E-state index in [1.165, 1.54) is 0 Å². The summed E-state index contributed by atoms with van der Waals surface area (Å²) in [5.74, 6) is 1.13. The Balaban J connectivity index is 2.84. The van der Waals surface area contributed by atoms with Gasteiger partial charge in [0, 0.05) is 6.07 Å². The molecule has 0 saturated heterocycles. The standard InChI is InChI=1S/C14H22N2O3/c1-5-9(2)13(15)14(17)16-11-7-6-10(18-3)8-12(11)19-4/h6-9,13H,5,15H2,1-4H3,(H,16,17)/t9-,13-/m0/s1. The topological polar surface area (TPSA) is 73.6 Å². The fourth-order valence-electron chi connectivity index (χ4n) is 1.63. The van der Waals surface area contributed by atoms with Crippen molar-refractivity contribution in [1.29, 1.82) is 0 Å². The Morgan fingerprint density at radius 2 is 2.05 bits per heavy atom. The molecule has 0 bridgehead atoms. The van der Waals surface area contributed by atoms with Crippen LogP contribution in [0.2, 0.25) is 0 Å². The third kappa shape index (κ3) is 3.86. The SMILES string of the molecule is CC[C@H](C)[C@H](N)C(=O)Nc1ccc(OC)cc1OC. The van der Waals surface area contributed by atoms with Crippen molar-refractivity contribution in [3.8, 4) is 11.5 Å². The minimum absolute atomic E-state index is 0.129. The lowest BCUT2D eigenvalue weighted by atomic mass is 9.99. The van der Waals surface area contributed by atoms with Gasteiger partial charge in [-0.2, -0.15) is 0 Å². The lowest BCUT2D eigenvalue weighted by Crippen LogP contribution is -2.40. The maximum absolute atomic E-state index is 12.0. The molecule has 106 valence electrons. The minimum atomic E-state index is -0.531. The average molecular weight is 266 g/mol. The van der Waals surface area contributed by atoms with E-state index in [2.05, 4.69) is 5.32 Å². The van der Waals surface area contributed by atoms with Crippen LogP contribution in [0, 0.1) is 5.92 Å². The van der Waals surface area contributed by atoms with Crippen molar-refractivity contribution in [3.05, 3.63) is 18.2 Å². The Kier molecular flexibility index (Phi) is 5.63. The largest absolute Gasteiger partial charge is 0.497 e. The van der Waals surface area contributed by atoms with Gasteiger partial charge in [0.25, 0.3) is 0 Å². The van der Waals surface area contributed by atoms with Crippen LogP contribution in [0.25, 0.3) is 0 Å². The van der Waals surface area contributed by atoms with Gasteiger partial charge in [0.15, 0.2) is 0 Å². The van der Waals surface area contributed by atoms with Crippen molar-refractivity contribution < 1.29 is 14.3 Å². The van der Waals surface area contributed by atoms with Gasteiger partial charge in [-0.25, -0.2) is 0 Å². The van der Waals surface area contributed by atoms with Gasteiger partial charge in [-0.1, -0.05) is 20.3 Å². The van der Waals surface area contributed by atoms with Crippen molar-refractivity contribution in [2.75, 3.05) is 19.5 Å². The molecule has 1 amide bonds. The third-order valence-corrected chi connectivity index (χ3v) is 3.23. The molecule has 0 spiro atoms. The fourth-order valence-corrected chi connectivity index (χ4v) is 1.63. The first-order valence-electron chi connectivity index (χ1n) is 6.31. The summed E-state index contributed by atoms with van der Waals surface area (Å²) >= 11 is 0. The van der Waals surface area contributed by atoms with E-state index in [-0.39, 0.29) is 11.8 Å². The molecule has 0 aliphatic heterocycles. The van der Waals surface area contributed by atoms with E-state index in [4.69, 9.17) is 15.2 Å². The van der Waals surface area contributed by atoms with Crippen LogP contribution in [-0.2, 0) is 4.79 Å². The summed E-state index contributed by atoms with van der Waals surface area (Å²) in [6.45, 7) is 3.96. The Hall–Kier alpha value is -1.75. The number of amides is 1. The molecule has 5 nitrogen and oxygen atoms in total. The van der Waals surface area contributed by atoms with Gasteiger partial charge in [-0.3, -0.25) is 4.79 Å². The monoisotopic (exact) mass is 266 g/mol. The Morgan fingerprint density at radius 3 is 2.58 bits per heavy atom. The molecule has 0 unspecified atom stereocenters. The van der Waals surface area contributed by atoms with Crippen molar-refractivity contribution in [2.45, 2.75) is 26.3 Å². The van der Waals surface area contributed by atoms with E-state index in [0.29, 0.717) is 17.2 Å². The molecule has 0 heterocycles. The molecule has 0 aliphatic carbocycles. The smallest absolute Gasteiger partial charge is 0.241 e. The van der Waals surface area contributed by atoms with Crippen molar-refractivity contribution in [1.82, 2.24) is 0 Å².